The molecule has 0 unspecified atom stereocenters. The van der Waals surface area contributed by atoms with Gasteiger partial charge in [0.15, 0.2) is 0 Å². The molecule has 0 aromatic heterocycles. The lowest BCUT2D eigenvalue weighted by Gasteiger charge is -2.28. The summed E-state index contributed by atoms with van der Waals surface area (Å²) in [4.78, 5) is 16.5. The monoisotopic (exact) mass is 309 g/mol. The summed E-state index contributed by atoms with van der Waals surface area (Å²) in [5.74, 6) is -0.0238. The fourth-order valence-electron chi connectivity index (χ4n) is 2.57. The van der Waals surface area contributed by atoms with Crippen LogP contribution in [0.25, 0.3) is 0 Å². The number of likely N-dealkylation sites (tertiary alicyclic amines) is 1. The van der Waals surface area contributed by atoms with E-state index in [-0.39, 0.29) is 5.91 Å². The van der Waals surface area contributed by atoms with Crippen molar-refractivity contribution in [3.05, 3.63) is 29.3 Å². The number of carbonyl (C=O) groups excluding carboxylic acids is 1. The number of amides is 1. The SMILES string of the molecule is CN(CCN1CCCCC1)CC(=O)Nc1ccccc1Cl. The van der Waals surface area contributed by atoms with E-state index in [1.807, 2.05) is 25.2 Å². The van der Waals surface area contributed by atoms with Crippen LogP contribution in [0.4, 0.5) is 5.69 Å². The number of hydrogen-bond donors (Lipinski definition) is 1. The number of hydrogen-bond acceptors (Lipinski definition) is 3. The van der Waals surface area contributed by atoms with Gasteiger partial charge in [-0.2, -0.15) is 0 Å². The van der Waals surface area contributed by atoms with E-state index in [9.17, 15) is 4.79 Å². The molecule has 1 fully saturated rings. The molecule has 0 spiro atoms. The van der Waals surface area contributed by atoms with Crippen molar-refractivity contribution < 1.29 is 4.79 Å². The third-order valence-electron chi connectivity index (χ3n) is 3.81. The number of carbonyl (C=O) groups is 1. The lowest BCUT2D eigenvalue weighted by molar-refractivity contribution is -0.117. The van der Waals surface area contributed by atoms with E-state index in [1.54, 1.807) is 6.07 Å². The zero-order chi connectivity index (χ0) is 15.1. The number of benzene rings is 1. The van der Waals surface area contributed by atoms with Crippen LogP contribution in [0.5, 0.6) is 0 Å². The smallest absolute Gasteiger partial charge is 0.238 e. The third-order valence-corrected chi connectivity index (χ3v) is 4.14. The van der Waals surface area contributed by atoms with Crippen molar-refractivity contribution in [1.82, 2.24) is 9.80 Å². The maximum atomic E-state index is 12.0. The Hall–Kier alpha value is -1.10. The molecule has 116 valence electrons. The molecule has 1 aromatic rings. The predicted octanol–water partition coefficient (Wildman–Crippen LogP) is 2.70. The number of nitrogens with zero attached hydrogens (tertiary/aromatic N) is 2. The Kier molecular flexibility index (Phi) is 6.49. The second kappa shape index (κ2) is 8.37. The number of para-hydroxylation sites is 1. The average Bonchev–Trinajstić information content (AvgIpc) is 2.48. The highest BCUT2D eigenvalue weighted by Crippen LogP contribution is 2.20. The molecule has 1 amide bonds. The minimum Gasteiger partial charge on any atom is -0.324 e. The van der Waals surface area contributed by atoms with E-state index in [1.165, 1.54) is 32.4 Å². The summed E-state index contributed by atoms with van der Waals surface area (Å²) in [6, 6.07) is 7.30. The summed E-state index contributed by atoms with van der Waals surface area (Å²) >= 11 is 6.03. The van der Waals surface area contributed by atoms with Crippen LogP contribution >= 0.6 is 11.6 Å². The zero-order valence-electron chi connectivity index (χ0n) is 12.6. The molecule has 0 radical (unpaired) electrons. The number of rotatable bonds is 6. The van der Waals surface area contributed by atoms with Crippen molar-refractivity contribution in [2.45, 2.75) is 19.3 Å². The van der Waals surface area contributed by atoms with Crippen LogP contribution in [0, 0.1) is 0 Å². The summed E-state index contributed by atoms with van der Waals surface area (Å²) in [6.45, 7) is 4.73. The quantitative estimate of drug-likeness (QED) is 0.877. The largest absolute Gasteiger partial charge is 0.324 e. The maximum Gasteiger partial charge on any atom is 0.238 e. The van der Waals surface area contributed by atoms with Gasteiger partial charge >= 0.3 is 0 Å². The molecule has 1 aliphatic rings. The molecule has 1 saturated heterocycles. The van der Waals surface area contributed by atoms with E-state index >= 15 is 0 Å². The number of halogens is 1. The number of nitrogens with one attached hydrogen (secondary N) is 1. The summed E-state index contributed by atoms with van der Waals surface area (Å²) in [5.41, 5.74) is 0.675. The molecule has 21 heavy (non-hydrogen) atoms. The highest BCUT2D eigenvalue weighted by molar-refractivity contribution is 6.33. The van der Waals surface area contributed by atoms with Gasteiger partial charge in [0.1, 0.15) is 0 Å². The molecular formula is C16H24ClN3O. The molecular weight excluding hydrogens is 286 g/mol. The number of anilines is 1. The van der Waals surface area contributed by atoms with E-state index in [0.717, 1.165) is 13.1 Å². The molecule has 4 nitrogen and oxygen atoms in total. The van der Waals surface area contributed by atoms with E-state index < -0.39 is 0 Å². The van der Waals surface area contributed by atoms with E-state index in [2.05, 4.69) is 15.1 Å². The first-order chi connectivity index (χ1) is 10.1. The summed E-state index contributed by atoms with van der Waals surface area (Å²) in [7, 11) is 1.98. The van der Waals surface area contributed by atoms with Gasteiger partial charge in [-0.05, 0) is 45.1 Å². The molecule has 2 rings (SSSR count). The van der Waals surface area contributed by atoms with Crippen LogP contribution in [-0.2, 0) is 4.79 Å². The van der Waals surface area contributed by atoms with Crippen LogP contribution in [0.2, 0.25) is 5.02 Å². The summed E-state index contributed by atoms with van der Waals surface area (Å²) in [5, 5.41) is 3.42. The van der Waals surface area contributed by atoms with Gasteiger partial charge in [0.25, 0.3) is 0 Å². The number of piperidine rings is 1. The van der Waals surface area contributed by atoms with Crippen molar-refractivity contribution in [3.8, 4) is 0 Å². The standard InChI is InChI=1S/C16H24ClN3O/c1-19(11-12-20-9-5-2-6-10-20)13-16(21)18-15-8-4-3-7-14(15)17/h3-4,7-8H,2,5-6,9-13H2,1H3,(H,18,21). The van der Waals surface area contributed by atoms with Crippen LogP contribution in [0.3, 0.4) is 0 Å². The molecule has 0 atom stereocenters. The molecule has 0 bridgehead atoms. The van der Waals surface area contributed by atoms with Crippen molar-refractivity contribution in [3.63, 3.8) is 0 Å². The van der Waals surface area contributed by atoms with Crippen molar-refractivity contribution >= 4 is 23.2 Å². The minimum absolute atomic E-state index is 0.0238. The molecule has 0 aliphatic carbocycles. The van der Waals surface area contributed by atoms with Gasteiger partial charge in [-0.15, -0.1) is 0 Å². The predicted molar refractivity (Wildman–Crippen MR) is 87.9 cm³/mol. The average molecular weight is 310 g/mol. The van der Waals surface area contributed by atoms with Gasteiger partial charge < -0.3 is 10.2 Å². The van der Waals surface area contributed by atoms with Crippen LogP contribution in [0.15, 0.2) is 24.3 Å². The first-order valence-electron chi connectivity index (χ1n) is 7.60. The Balaban J connectivity index is 1.70. The topological polar surface area (TPSA) is 35.6 Å². The lowest BCUT2D eigenvalue weighted by atomic mass is 10.1. The van der Waals surface area contributed by atoms with Crippen LogP contribution in [-0.4, -0.2) is 55.5 Å². The summed E-state index contributed by atoms with van der Waals surface area (Å²) < 4.78 is 0. The highest BCUT2D eigenvalue weighted by atomic mass is 35.5. The van der Waals surface area contributed by atoms with E-state index in [4.69, 9.17) is 11.6 Å². The zero-order valence-corrected chi connectivity index (χ0v) is 13.4. The van der Waals surface area contributed by atoms with Gasteiger partial charge in [0.2, 0.25) is 5.91 Å². The van der Waals surface area contributed by atoms with Crippen molar-refractivity contribution in [2.75, 3.05) is 45.1 Å². The summed E-state index contributed by atoms with van der Waals surface area (Å²) in [6.07, 6.45) is 3.96. The van der Waals surface area contributed by atoms with Crippen molar-refractivity contribution in [2.24, 2.45) is 0 Å². The number of likely N-dealkylation sites (N-methyl/N-ethyl adjacent to an activating group) is 1. The molecule has 0 saturated carbocycles. The van der Waals surface area contributed by atoms with Gasteiger partial charge in [-0.25, -0.2) is 0 Å². The van der Waals surface area contributed by atoms with Crippen LogP contribution < -0.4 is 5.32 Å². The van der Waals surface area contributed by atoms with Gasteiger partial charge in [-0.1, -0.05) is 30.2 Å². The maximum absolute atomic E-state index is 12.0. The van der Waals surface area contributed by atoms with Crippen molar-refractivity contribution in [1.29, 1.82) is 0 Å². The Labute approximate surface area is 132 Å². The normalized spacial score (nSPS) is 16.1. The Morgan fingerprint density at radius 2 is 2.00 bits per heavy atom. The van der Waals surface area contributed by atoms with Gasteiger partial charge in [0, 0.05) is 13.1 Å². The van der Waals surface area contributed by atoms with Crippen LogP contribution in [0.1, 0.15) is 19.3 Å². The highest BCUT2D eigenvalue weighted by Gasteiger charge is 2.12. The second-order valence-electron chi connectivity index (χ2n) is 5.67. The molecule has 1 N–H and O–H groups in total. The molecule has 1 heterocycles. The Morgan fingerprint density at radius 1 is 1.29 bits per heavy atom. The van der Waals surface area contributed by atoms with E-state index in [0.29, 0.717) is 17.3 Å². The first kappa shape index (κ1) is 16.3. The van der Waals surface area contributed by atoms with Gasteiger partial charge in [0.05, 0.1) is 17.3 Å². The fraction of sp³-hybridized carbons (Fsp3) is 0.562. The molecule has 1 aromatic carbocycles. The first-order valence-corrected chi connectivity index (χ1v) is 7.98. The Bertz CT molecular complexity index is 461. The Morgan fingerprint density at radius 3 is 2.71 bits per heavy atom. The third kappa shape index (κ3) is 5.65. The minimum atomic E-state index is -0.0238. The second-order valence-corrected chi connectivity index (χ2v) is 6.08. The van der Waals surface area contributed by atoms with Gasteiger partial charge in [-0.3, -0.25) is 9.69 Å². The fourth-order valence-corrected chi connectivity index (χ4v) is 2.75. The molecule has 5 heteroatoms. The lowest BCUT2D eigenvalue weighted by Crippen LogP contribution is -2.39. The molecule has 1 aliphatic heterocycles.